The Kier molecular flexibility index (Phi) is 4.62. The third kappa shape index (κ3) is 3.49. The van der Waals surface area contributed by atoms with Crippen LogP contribution in [-0.2, 0) is 11.2 Å². The lowest BCUT2D eigenvalue weighted by atomic mass is 9.93. The summed E-state index contributed by atoms with van der Waals surface area (Å²) in [6, 6.07) is 12.1. The van der Waals surface area contributed by atoms with Gasteiger partial charge in [-0.3, -0.25) is 4.79 Å². The number of para-hydroxylation sites is 1. The molecule has 0 atom stereocenters. The first-order chi connectivity index (χ1) is 12.2. The number of benzene rings is 1. The smallest absolute Gasteiger partial charge is 0.227 e. The number of halogens is 1. The van der Waals surface area contributed by atoms with E-state index >= 15 is 0 Å². The standard InChI is InChI=1S/C20H22ClN3O/c21-17-5-6-19(22-14-17)23-10-7-15(8-11-23)13-20(25)24-12-9-16-3-1-2-4-18(16)24/h1-6,14-15H,7-13H2. The second-order valence-electron chi connectivity index (χ2n) is 6.89. The number of hydrogen-bond acceptors (Lipinski definition) is 3. The van der Waals surface area contributed by atoms with Gasteiger partial charge in [0.1, 0.15) is 5.82 Å². The number of rotatable bonds is 3. The number of pyridine rings is 1. The lowest BCUT2D eigenvalue weighted by molar-refractivity contribution is -0.119. The molecule has 0 radical (unpaired) electrons. The van der Waals surface area contributed by atoms with E-state index in [1.807, 2.05) is 29.2 Å². The number of aromatic nitrogens is 1. The van der Waals surface area contributed by atoms with Gasteiger partial charge in [-0.25, -0.2) is 4.98 Å². The monoisotopic (exact) mass is 355 g/mol. The first-order valence-electron chi connectivity index (χ1n) is 8.95. The van der Waals surface area contributed by atoms with Crippen molar-refractivity contribution in [3.63, 3.8) is 0 Å². The molecular formula is C20H22ClN3O. The minimum absolute atomic E-state index is 0.271. The summed E-state index contributed by atoms with van der Waals surface area (Å²) in [5.41, 5.74) is 2.40. The molecule has 2 aromatic rings. The van der Waals surface area contributed by atoms with Gasteiger partial charge >= 0.3 is 0 Å². The molecule has 1 aromatic heterocycles. The first kappa shape index (κ1) is 16.4. The average Bonchev–Trinajstić information content (AvgIpc) is 3.07. The SMILES string of the molecule is O=C(CC1CCN(c2ccc(Cl)cn2)CC1)N1CCc2ccccc21. The summed E-state index contributed by atoms with van der Waals surface area (Å²) < 4.78 is 0. The fraction of sp³-hybridized carbons (Fsp3) is 0.400. The van der Waals surface area contributed by atoms with Crippen LogP contribution in [0.25, 0.3) is 0 Å². The van der Waals surface area contributed by atoms with E-state index in [1.165, 1.54) is 5.56 Å². The highest BCUT2D eigenvalue weighted by Crippen LogP contribution is 2.30. The number of carbonyl (C=O) groups is 1. The number of anilines is 2. The average molecular weight is 356 g/mol. The number of fused-ring (bicyclic) bond motifs is 1. The predicted octanol–water partition coefficient (Wildman–Crippen LogP) is 3.93. The van der Waals surface area contributed by atoms with E-state index in [0.717, 1.165) is 50.4 Å². The van der Waals surface area contributed by atoms with Crippen LogP contribution >= 0.6 is 11.6 Å². The molecular weight excluding hydrogens is 334 g/mol. The molecule has 130 valence electrons. The van der Waals surface area contributed by atoms with Gasteiger partial charge in [0.05, 0.1) is 5.02 Å². The molecule has 1 aromatic carbocycles. The number of amides is 1. The largest absolute Gasteiger partial charge is 0.357 e. The number of piperidine rings is 1. The molecule has 0 aliphatic carbocycles. The van der Waals surface area contributed by atoms with Crippen LogP contribution in [0.15, 0.2) is 42.6 Å². The van der Waals surface area contributed by atoms with Crippen molar-refractivity contribution in [2.24, 2.45) is 5.92 Å². The van der Waals surface area contributed by atoms with E-state index in [9.17, 15) is 4.79 Å². The summed E-state index contributed by atoms with van der Waals surface area (Å²) in [5.74, 6) is 1.71. The summed E-state index contributed by atoms with van der Waals surface area (Å²) in [7, 11) is 0. The van der Waals surface area contributed by atoms with Crippen molar-refractivity contribution in [2.45, 2.75) is 25.7 Å². The fourth-order valence-electron chi connectivity index (χ4n) is 3.88. The number of hydrogen-bond donors (Lipinski definition) is 0. The Bertz CT molecular complexity index is 754. The van der Waals surface area contributed by atoms with Crippen molar-refractivity contribution < 1.29 is 4.79 Å². The van der Waals surface area contributed by atoms with Crippen LogP contribution in [0, 0.1) is 5.92 Å². The number of carbonyl (C=O) groups excluding carboxylic acids is 1. The van der Waals surface area contributed by atoms with Gasteiger partial charge in [-0.2, -0.15) is 0 Å². The van der Waals surface area contributed by atoms with Crippen LogP contribution in [0.2, 0.25) is 5.02 Å². The summed E-state index contributed by atoms with van der Waals surface area (Å²) in [6.07, 6.45) is 5.38. The Morgan fingerprint density at radius 2 is 1.92 bits per heavy atom. The molecule has 4 rings (SSSR count). The Morgan fingerprint density at radius 3 is 2.68 bits per heavy atom. The second-order valence-corrected chi connectivity index (χ2v) is 7.33. The molecule has 1 saturated heterocycles. The number of nitrogens with zero attached hydrogens (tertiary/aromatic N) is 3. The fourth-order valence-corrected chi connectivity index (χ4v) is 3.99. The Balaban J connectivity index is 1.33. The third-order valence-corrected chi connectivity index (χ3v) is 5.53. The lowest BCUT2D eigenvalue weighted by Crippen LogP contribution is -2.37. The molecule has 3 heterocycles. The topological polar surface area (TPSA) is 36.4 Å². The van der Waals surface area contributed by atoms with Crippen molar-refractivity contribution in [1.82, 2.24) is 4.98 Å². The van der Waals surface area contributed by atoms with Gasteiger partial charge < -0.3 is 9.80 Å². The second kappa shape index (κ2) is 7.04. The molecule has 5 heteroatoms. The Labute approximate surface area is 153 Å². The van der Waals surface area contributed by atoms with Crippen molar-refractivity contribution in [1.29, 1.82) is 0 Å². The van der Waals surface area contributed by atoms with Crippen LogP contribution in [0.5, 0.6) is 0 Å². The maximum absolute atomic E-state index is 12.8. The molecule has 1 fully saturated rings. The van der Waals surface area contributed by atoms with E-state index in [1.54, 1.807) is 6.20 Å². The quantitative estimate of drug-likeness (QED) is 0.837. The van der Waals surface area contributed by atoms with E-state index in [2.05, 4.69) is 22.0 Å². The van der Waals surface area contributed by atoms with Crippen molar-refractivity contribution in [2.75, 3.05) is 29.4 Å². The zero-order valence-corrected chi connectivity index (χ0v) is 15.0. The summed E-state index contributed by atoms with van der Waals surface area (Å²) >= 11 is 5.91. The Morgan fingerprint density at radius 1 is 1.12 bits per heavy atom. The van der Waals surface area contributed by atoms with Crippen LogP contribution < -0.4 is 9.80 Å². The molecule has 1 amide bonds. The summed E-state index contributed by atoms with van der Waals surface area (Å²) in [5, 5.41) is 0.662. The molecule has 4 nitrogen and oxygen atoms in total. The lowest BCUT2D eigenvalue weighted by Gasteiger charge is -2.33. The summed E-state index contributed by atoms with van der Waals surface area (Å²) in [6.45, 7) is 2.72. The van der Waals surface area contributed by atoms with E-state index < -0.39 is 0 Å². The van der Waals surface area contributed by atoms with Gasteiger partial charge in [0, 0.05) is 37.9 Å². The highest BCUT2D eigenvalue weighted by Gasteiger charge is 2.28. The molecule has 25 heavy (non-hydrogen) atoms. The van der Waals surface area contributed by atoms with Gasteiger partial charge in [-0.05, 0) is 48.9 Å². The third-order valence-electron chi connectivity index (χ3n) is 5.30. The molecule has 0 N–H and O–H groups in total. The van der Waals surface area contributed by atoms with Crippen LogP contribution in [0.1, 0.15) is 24.8 Å². The van der Waals surface area contributed by atoms with E-state index in [0.29, 0.717) is 17.4 Å². The zero-order chi connectivity index (χ0) is 17.2. The van der Waals surface area contributed by atoms with Crippen LogP contribution in [-0.4, -0.2) is 30.5 Å². The zero-order valence-electron chi connectivity index (χ0n) is 14.2. The summed E-state index contributed by atoms with van der Waals surface area (Å²) in [4.78, 5) is 21.4. The molecule has 2 aliphatic rings. The minimum Gasteiger partial charge on any atom is -0.357 e. The Hall–Kier alpha value is -2.07. The van der Waals surface area contributed by atoms with Gasteiger partial charge in [-0.15, -0.1) is 0 Å². The molecule has 0 spiro atoms. The van der Waals surface area contributed by atoms with Gasteiger partial charge in [0.2, 0.25) is 5.91 Å². The minimum atomic E-state index is 0.271. The van der Waals surface area contributed by atoms with Gasteiger partial charge in [0.25, 0.3) is 0 Å². The maximum Gasteiger partial charge on any atom is 0.227 e. The molecule has 0 unspecified atom stereocenters. The predicted molar refractivity (Wildman–Crippen MR) is 101 cm³/mol. The maximum atomic E-state index is 12.8. The van der Waals surface area contributed by atoms with Crippen LogP contribution in [0.3, 0.4) is 0 Å². The highest BCUT2D eigenvalue weighted by molar-refractivity contribution is 6.30. The van der Waals surface area contributed by atoms with E-state index in [4.69, 9.17) is 11.6 Å². The highest BCUT2D eigenvalue weighted by atomic mass is 35.5. The van der Waals surface area contributed by atoms with Gasteiger partial charge in [0.15, 0.2) is 0 Å². The van der Waals surface area contributed by atoms with Crippen molar-refractivity contribution in [3.05, 3.63) is 53.2 Å². The van der Waals surface area contributed by atoms with Gasteiger partial charge in [-0.1, -0.05) is 29.8 Å². The normalized spacial score (nSPS) is 17.6. The molecule has 0 saturated carbocycles. The molecule has 0 bridgehead atoms. The van der Waals surface area contributed by atoms with Crippen molar-refractivity contribution >= 4 is 29.0 Å². The molecule has 2 aliphatic heterocycles. The van der Waals surface area contributed by atoms with Crippen molar-refractivity contribution in [3.8, 4) is 0 Å². The van der Waals surface area contributed by atoms with Crippen LogP contribution in [0.4, 0.5) is 11.5 Å². The van der Waals surface area contributed by atoms with E-state index in [-0.39, 0.29) is 5.91 Å². The first-order valence-corrected chi connectivity index (χ1v) is 9.33.